The van der Waals surface area contributed by atoms with Crippen LogP contribution in [0.25, 0.3) is 0 Å². The van der Waals surface area contributed by atoms with E-state index in [2.05, 4.69) is 33.8 Å². The summed E-state index contributed by atoms with van der Waals surface area (Å²) < 4.78 is 5.59. The molecule has 0 aromatic heterocycles. The van der Waals surface area contributed by atoms with E-state index in [1.807, 2.05) is 0 Å². The lowest BCUT2D eigenvalue weighted by atomic mass is 9.49. The van der Waals surface area contributed by atoms with Crippen molar-refractivity contribution >= 4 is 0 Å². The van der Waals surface area contributed by atoms with Crippen molar-refractivity contribution in [2.24, 2.45) is 11.3 Å². The highest BCUT2D eigenvalue weighted by Gasteiger charge is 2.53. The maximum absolute atomic E-state index is 11.1. The number of aromatic hydroxyl groups is 1. The molecule has 2 aliphatic carbocycles. The van der Waals surface area contributed by atoms with Gasteiger partial charge in [0.15, 0.2) is 11.5 Å². The molecule has 134 valence electrons. The molecule has 0 radical (unpaired) electrons. The smallest absolute Gasteiger partial charge is 0.164 e. The van der Waals surface area contributed by atoms with E-state index in [0.717, 1.165) is 36.8 Å². The number of aliphatic hydroxyl groups is 1. The molecule has 1 fully saturated rings. The zero-order valence-electron chi connectivity index (χ0n) is 15.8. The van der Waals surface area contributed by atoms with Crippen molar-refractivity contribution in [1.29, 1.82) is 0 Å². The quantitative estimate of drug-likeness (QED) is 0.855. The van der Waals surface area contributed by atoms with E-state index >= 15 is 0 Å². The molecule has 0 heterocycles. The number of aryl methyl sites for hydroxylation is 1. The second kappa shape index (κ2) is 5.94. The van der Waals surface area contributed by atoms with Crippen LogP contribution in [0.15, 0.2) is 6.07 Å². The minimum Gasteiger partial charge on any atom is -0.504 e. The number of hydrogen-bond acceptors (Lipinski definition) is 3. The first kappa shape index (κ1) is 17.6. The summed E-state index contributed by atoms with van der Waals surface area (Å²) in [7, 11) is 1.63. The van der Waals surface area contributed by atoms with Crippen LogP contribution in [0.1, 0.15) is 76.0 Å². The summed E-state index contributed by atoms with van der Waals surface area (Å²) in [6, 6.07) is 2.22. The van der Waals surface area contributed by atoms with Gasteiger partial charge in [0.05, 0.1) is 13.7 Å². The predicted molar refractivity (Wildman–Crippen MR) is 97.0 cm³/mol. The van der Waals surface area contributed by atoms with Crippen LogP contribution in [0.5, 0.6) is 11.5 Å². The van der Waals surface area contributed by atoms with Gasteiger partial charge in [-0.3, -0.25) is 0 Å². The van der Waals surface area contributed by atoms with Crippen LogP contribution in [0.2, 0.25) is 0 Å². The van der Waals surface area contributed by atoms with Crippen molar-refractivity contribution in [1.82, 2.24) is 0 Å². The highest BCUT2D eigenvalue weighted by Crippen LogP contribution is 2.60. The molecule has 0 spiro atoms. The Kier molecular flexibility index (Phi) is 4.36. The fourth-order valence-electron chi connectivity index (χ4n) is 5.61. The van der Waals surface area contributed by atoms with Crippen molar-refractivity contribution < 1.29 is 14.9 Å². The maximum atomic E-state index is 11.1. The van der Waals surface area contributed by atoms with Crippen LogP contribution in [0.4, 0.5) is 0 Å². The van der Waals surface area contributed by atoms with Gasteiger partial charge in [-0.2, -0.15) is 0 Å². The zero-order valence-corrected chi connectivity index (χ0v) is 15.8. The maximum Gasteiger partial charge on any atom is 0.164 e. The lowest BCUT2D eigenvalue weighted by Gasteiger charge is -2.55. The molecular weight excluding hydrogens is 300 g/mol. The Bertz CT molecular complexity index is 632. The van der Waals surface area contributed by atoms with Gasteiger partial charge in [0, 0.05) is 16.5 Å². The molecule has 3 rings (SSSR count). The van der Waals surface area contributed by atoms with E-state index in [-0.39, 0.29) is 23.2 Å². The fourth-order valence-corrected chi connectivity index (χ4v) is 5.61. The summed E-state index contributed by atoms with van der Waals surface area (Å²) in [5.74, 6) is 1.56. The number of phenols is 1. The fraction of sp³-hybridized carbons (Fsp3) is 0.714. The van der Waals surface area contributed by atoms with Crippen molar-refractivity contribution in [2.75, 3.05) is 13.7 Å². The van der Waals surface area contributed by atoms with E-state index < -0.39 is 0 Å². The number of fused-ring (bicyclic) bond motifs is 3. The Labute approximate surface area is 146 Å². The molecule has 1 aromatic carbocycles. The number of methoxy groups -OCH3 is 1. The van der Waals surface area contributed by atoms with Gasteiger partial charge in [0.1, 0.15) is 0 Å². The zero-order chi connectivity index (χ0) is 17.7. The molecule has 0 aliphatic heterocycles. The van der Waals surface area contributed by atoms with Crippen LogP contribution in [0.3, 0.4) is 0 Å². The molecule has 0 amide bonds. The Hall–Kier alpha value is -1.22. The normalized spacial score (nSPS) is 28.4. The number of phenolic OH excluding ortho intramolecular Hbond substituents is 1. The molecule has 0 unspecified atom stereocenters. The third-order valence-corrected chi connectivity index (χ3v) is 6.73. The number of ether oxygens (including phenoxy) is 1. The molecule has 2 N–H and O–H groups in total. The van der Waals surface area contributed by atoms with Crippen LogP contribution >= 0.6 is 0 Å². The molecule has 2 atom stereocenters. The molecule has 3 heteroatoms. The van der Waals surface area contributed by atoms with E-state index in [0.29, 0.717) is 17.6 Å². The lowest BCUT2D eigenvalue weighted by Crippen LogP contribution is -2.52. The first-order valence-electron chi connectivity index (χ1n) is 9.32. The molecule has 2 aliphatic rings. The van der Waals surface area contributed by atoms with Gasteiger partial charge in [-0.25, -0.2) is 0 Å². The molecule has 24 heavy (non-hydrogen) atoms. The minimum atomic E-state index is -0.331. The van der Waals surface area contributed by atoms with Gasteiger partial charge < -0.3 is 14.9 Å². The van der Waals surface area contributed by atoms with Crippen molar-refractivity contribution in [3.05, 3.63) is 22.8 Å². The first-order valence-corrected chi connectivity index (χ1v) is 9.32. The molecule has 0 bridgehead atoms. The van der Waals surface area contributed by atoms with E-state index in [4.69, 9.17) is 4.74 Å². The summed E-state index contributed by atoms with van der Waals surface area (Å²) in [6.45, 7) is 9.00. The van der Waals surface area contributed by atoms with E-state index in [1.165, 1.54) is 12.0 Å². The van der Waals surface area contributed by atoms with Crippen molar-refractivity contribution in [3.8, 4) is 11.5 Å². The average Bonchev–Trinajstić information content (AvgIpc) is 2.53. The van der Waals surface area contributed by atoms with Crippen LogP contribution < -0.4 is 4.74 Å². The van der Waals surface area contributed by atoms with Crippen molar-refractivity contribution in [3.63, 3.8) is 0 Å². The SMILES string of the molecule is COc1c(C(C)C)cc2c(c1O)[C@@]1(CO)CCCC(C)(C)[C@@H]1CC2. The van der Waals surface area contributed by atoms with Gasteiger partial charge in [-0.15, -0.1) is 0 Å². The van der Waals surface area contributed by atoms with Gasteiger partial charge in [0.25, 0.3) is 0 Å². The van der Waals surface area contributed by atoms with Gasteiger partial charge in [-0.1, -0.05) is 40.2 Å². The topological polar surface area (TPSA) is 49.7 Å². The Morgan fingerprint density at radius 3 is 2.58 bits per heavy atom. The van der Waals surface area contributed by atoms with Crippen molar-refractivity contribution in [2.45, 2.75) is 71.1 Å². The van der Waals surface area contributed by atoms with Gasteiger partial charge in [0.2, 0.25) is 0 Å². The predicted octanol–water partition coefficient (Wildman–Crippen LogP) is 4.53. The van der Waals surface area contributed by atoms with E-state index in [1.54, 1.807) is 7.11 Å². The molecule has 1 aromatic rings. The standard InChI is InChI=1S/C21H32O3/c1-13(2)15-11-14-7-8-16-20(3,4)9-6-10-21(16,12-22)17(14)18(23)19(15)24-5/h11,13,16,22-23H,6-10,12H2,1-5H3/t16-,21+/m0/s1. The molecule has 1 saturated carbocycles. The summed E-state index contributed by atoms with van der Waals surface area (Å²) in [4.78, 5) is 0. The second-order valence-electron chi connectivity index (χ2n) is 8.78. The monoisotopic (exact) mass is 332 g/mol. The van der Waals surface area contributed by atoms with Crippen LogP contribution in [-0.4, -0.2) is 23.9 Å². The second-order valence-corrected chi connectivity index (χ2v) is 8.78. The number of rotatable bonds is 3. The summed E-state index contributed by atoms with van der Waals surface area (Å²) >= 11 is 0. The third kappa shape index (κ3) is 2.35. The first-order chi connectivity index (χ1) is 11.3. The number of hydrogen-bond donors (Lipinski definition) is 2. The third-order valence-electron chi connectivity index (χ3n) is 6.73. The number of benzene rings is 1. The van der Waals surface area contributed by atoms with Crippen LogP contribution in [-0.2, 0) is 11.8 Å². The average molecular weight is 332 g/mol. The van der Waals surface area contributed by atoms with E-state index in [9.17, 15) is 10.2 Å². The highest BCUT2D eigenvalue weighted by molar-refractivity contribution is 5.60. The summed E-state index contributed by atoms with van der Waals surface area (Å²) in [5, 5.41) is 21.6. The largest absolute Gasteiger partial charge is 0.504 e. The minimum absolute atomic E-state index is 0.103. The Morgan fingerprint density at radius 2 is 2.00 bits per heavy atom. The van der Waals surface area contributed by atoms with Crippen LogP contribution in [0, 0.1) is 11.3 Å². The van der Waals surface area contributed by atoms with Gasteiger partial charge in [-0.05, 0) is 48.5 Å². The molecular formula is C21H32O3. The lowest BCUT2D eigenvalue weighted by molar-refractivity contribution is -0.00662. The Morgan fingerprint density at radius 1 is 1.29 bits per heavy atom. The summed E-state index contributed by atoms with van der Waals surface area (Å²) in [5.41, 5.74) is 3.10. The Balaban J connectivity index is 2.26. The molecule has 0 saturated heterocycles. The summed E-state index contributed by atoms with van der Waals surface area (Å²) in [6.07, 6.45) is 5.29. The highest BCUT2D eigenvalue weighted by atomic mass is 16.5. The van der Waals surface area contributed by atoms with Gasteiger partial charge >= 0.3 is 0 Å². The molecule has 3 nitrogen and oxygen atoms in total. The number of aliphatic hydroxyl groups excluding tert-OH is 1.